The molecule has 0 saturated heterocycles. The summed E-state index contributed by atoms with van der Waals surface area (Å²) < 4.78 is 43.1. The number of carbonyl (C=O) groups excluding carboxylic acids is 1. The molecule has 0 spiro atoms. The van der Waals surface area contributed by atoms with Crippen molar-refractivity contribution in [1.29, 1.82) is 0 Å². The van der Waals surface area contributed by atoms with Crippen LogP contribution in [0.25, 0.3) is 0 Å². The first-order valence-electron chi connectivity index (χ1n) is 5.71. The number of ether oxygens (including phenoxy) is 1. The maximum Gasteiger partial charge on any atom is 0.418 e. The molecule has 0 aliphatic carbocycles. The van der Waals surface area contributed by atoms with Crippen LogP contribution >= 0.6 is 11.6 Å². The number of halogens is 4. The van der Waals surface area contributed by atoms with Crippen LogP contribution in [0.4, 0.5) is 18.9 Å². The van der Waals surface area contributed by atoms with Gasteiger partial charge in [-0.05, 0) is 12.1 Å². The van der Waals surface area contributed by atoms with E-state index < -0.39 is 17.6 Å². The summed E-state index contributed by atoms with van der Waals surface area (Å²) in [4.78, 5) is 11.4. The van der Waals surface area contributed by atoms with E-state index in [1.807, 2.05) is 0 Å². The van der Waals surface area contributed by atoms with E-state index in [-0.39, 0.29) is 23.8 Å². The average Bonchev–Trinajstić information content (AvgIpc) is 2.36. The smallest absolute Gasteiger partial charge is 0.383 e. The summed E-state index contributed by atoms with van der Waals surface area (Å²) >= 11 is 5.73. The SMILES string of the molecule is COCCNC(=O)CNc1c(Cl)cccc1C(F)(F)F. The molecule has 0 aliphatic heterocycles. The normalized spacial score (nSPS) is 11.2. The number of carbonyl (C=O) groups is 1. The lowest BCUT2D eigenvalue weighted by Crippen LogP contribution is -2.32. The molecule has 0 saturated carbocycles. The fraction of sp³-hybridized carbons (Fsp3) is 0.417. The zero-order valence-electron chi connectivity index (χ0n) is 10.7. The third-order valence-corrected chi connectivity index (χ3v) is 2.69. The highest BCUT2D eigenvalue weighted by Crippen LogP contribution is 2.38. The van der Waals surface area contributed by atoms with Gasteiger partial charge in [-0.1, -0.05) is 17.7 Å². The van der Waals surface area contributed by atoms with Gasteiger partial charge in [0.15, 0.2) is 0 Å². The summed E-state index contributed by atoms with van der Waals surface area (Å²) in [5.41, 5.74) is -1.21. The van der Waals surface area contributed by atoms with Crippen molar-refractivity contribution in [2.75, 3.05) is 32.1 Å². The number of anilines is 1. The Kier molecular flexibility index (Phi) is 6.09. The first kappa shape index (κ1) is 16.6. The van der Waals surface area contributed by atoms with E-state index in [0.717, 1.165) is 6.07 Å². The highest BCUT2D eigenvalue weighted by atomic mass is 35.5. The molecule has 112 valence electrons. The second-order valence-electron chi connectivity index (χ2n) is 3.86. The Morgan fingerprint density at radius 1 is 1.40 bits per heavy atom. The lowest BCUT2D eigenvalue weighted by molar-refractivity contribution is -0.137. The molecule has 0 unspecified atom stereocenters. The minimum absolute atomic E-state index is 0.0930. The van der Waals surface area contributed by atoms with E-state index in [2.05, 4.69) is 10.6 Å². The quantitative estimate of drug-likeness (QED) is 0.794. The molecule has 20 heavy (non-hydrogen) atoms. The second-order valence-corrected chi connectivity index (χ2v) is 4.26. The number of hydrogen-bond acceptors (Lipinski definition) is 3. The van der Waals surface area contributed by atoms with E-state index in [1.165, 1.54) is 19.2 Å². The van der Waals surface area contributed by atoms with E-state index in [4.69, 9.17) is 16.3 Å². The number of benzene rings is 1. The zero-order valence-corrected chi connectivity index (χ0v) is 11.4. The summed E-state index contributed by atoms with van der Waals surface area (Å²) in [6.07, 6.45) is -4.54. The molecule has 0 aliphatic rings. The molecular weight excluding hydrogens is 297 g/mol. The molecule has 0 bridgehead atoms. The van der Waals surface area contributed by atoms with Crippen LogP contribution in [0.2, 0.25) is 5.02 Å². The highest BCUT2D eigenvalue weighted by molar-refractivity contribution is 6.33. The first-order chi connectivity index (χ1) is 9.36. The van der Waals surface area contributed by atoms with Gasteiger partial charge in [0.2, 0.25) is 5.91 Å². The van der Waals surface area contributed by atoms with E-state index in [0.29, 0.717) is 6.61 Å². The third-order valence-electron chi connectivity index (χ3n) is 2.37. The van der Waals surface area contributed by atoms with Crippen LogP contribution in [0.1, 0.15) is 5.56 Å². The maximum atomic E-state index is 12.8. The summed E-state index contributed by atoms with van der Waals surface area (Å²) in [7, 11) is 1.48. The number of alkyl halides is 3. The number of hydrogen-bond donors (Lipinski definition) is 2. The van der Waals surface area contributed by atoms with Gasteiger partial charge in [0, 0.05) is 13.7 Å². The van der Waals surface area contributed by atoms with Crippen molar-refractivity contribution in [3.63, 3.8) is 0 Å². The molecule has 0 aromatic heterocycles. The van der Waals surface area contributed by atoms with Crippen molar-refractivity contribution in [3.8, 4) is 0 Å². The number of rotatable bonds is 6. The molecule has 1 amide bonds. The Bertz CT molecular complexity index is 467. The van der Waals surface area contributed by atoms with Crippen molar-refractivity contribution in [1.82, 2.24) is 5.32 Å². The fourth-order valence-electron chi connectivity index (χ4n) is 1.46. The van der Waals surface area contributed by atoms with Gasteiger partial charge in [-0.25, -0.2) is 0 Å². The Balaban J connectivity index is 2.70. The number of methoxy groups -OCH3 is 1. The summed E-state index contributed by atoms with van der Waals surface area (Å²) in [5.74, 6) is -0.449. The van der Waals surface area contributed by atoms with Crippen molar-refractivity contribution in [2.45, 2.75) is 6.18 Å². The molecule has 1 aromatic carbocycles. The predicted octanol–water partition coefficient (Wildman–Crippen LogP) is 2.53. The molecular formula is C12H14ClF3N2O2. The van der Waals surface area contributed by atoms with Gasteiger partial charge in [-0.15, -0.1) is 0 Å². The largest absolute Gasteiger partial charge is 0.418 e. The van der Waals surface area contributed by atoms with Gasteiger partial charge in [-0.3, -0.25) is 4.79 Å². The van der Waals surface area contributed by atoms with Gasteiger partial charge in [0.05, 0.1) is 29.4 Å². The summed E-state index contributed by atoms with van der Waals surface area (Å²) in [6.45, 7) is 0.299. The lowest BCUT2D eigenvalue weighted by Gasteiger charge is -2.15. The Hall–Kier alpha value is -1.47. The second kappa shape index (κ2) is 7.35. The zero-order chi connectivity index (χ0) is 15.2. The third kappa shape index (κ3) is 4.90. The number of nitrogens with one attached hydrogen (secondary N) is 2. The minimum Gasteiger partial charge on any atom is -0.383 e. The number of para-hydroxylation sites is 1. The summed E-state index contributed by atoms with van der Waals surface area (Å²) in [5, 5.41) is 4.80. The lowest BCUT2D eigenvalue weighted by atomic mass is 10.1. The molecule has 8 heteroatoms. The fourth-order valence-corrected chi connectivity index (χ4v) is 1.71. The van der Waals surface area contributed by atoms with Crippen LogP contribution in [0.15, 0.2) is 18.2 Å². The monoisotopic (exact) mass is 310 g/mol. The molecule has 1 rings (SSSR count). The molecule has 0 atom stereocenters. The van der Waals surface area contributed by atoms with Gasteiger partial charge in [-0.2, -0.15) is 13.2 Å². The maximum absolute atomic E-state index is 12.8. The average molecular weight is 311 g/mol. The van der Waals surface area contributed by atoms with Crippen molar-refractivity contribution >= 4 is 23.2 Å². The van der Waals surface area contributed by atoms with Crippen LogP contribution < -0.4 is 10.6 Å². The van der Waals surface area contributed by atoms with Crippen LogP contribution in [-0.4, -0.2) is 32.7 Å². The first-order valence-corrected chi connectivity index (χ1v) is 6.09. The van der Waals surface area contributed by atoms with Crippen molar-refractivity contribution in [2.24, 2.45) is 0 Å². The van der Waals surface area contributed by atoms with Crippen molar-refractivity contribution in [3.05, 3.63) is 28.8 Å². The molecule has 0 heterocycles. The standard InChI is InChI=1S/C12H14ClF3N2O2/c1-20-6-5-17-10(19)7-18-11-8(12(14,15)16)3-2-4-9(11)13/h2-4,18H,5-7H2,1H3,(H,17,19). The van der Waals surface area contributed by atoms with E-state index in [1.54, 1.807) is 0 Å². The van der Waals surface area contributed by atoms with Crippen LogP contribution in [0.5, 0.6) is 0 Å². The molecule has 0 fully saturated rings. The Morgan fingerprint density at radius 3 is 2.70 bits per heavy atom. The Morgan fingerprint density at radius 2 is 2.10 bits per heavy atom. The van der Waals surface area contributed by atoms with Gasteiger partial charge >= 0.3 is 6.18 Å². The van der Waals surface area contributed by atoms with E-state index >= 15 is 0 Å². The topological polar surface area (TPSA) is 50.4 Å². The van der Waals surface area contributed by atoms with Crippen molar-refractivity contribution < 1.29 is 22.7 Å². The Labute approximate surface area is 119 Å². The highest BCUT2D eigenvalue weighted by Gasteiger charge is 2.34. The molecule has 1 aromatic rings. The van der Waals surface area contributed by atoms with Crippen LogP contribution in [-0.2, 0) is 15.7 Å². The van der Waals surface area contributed by atoms with Crippen LogP contribution in [0.3, 0.4) is 0 Å². The predicted molar refractivity (Wildman–Crippen MR) is 69.8 cm³/mol. The minimum atomic E-state index is -4.54. The van der Waals surface area contributed by atoms with Crippen LogP contribution in [0, 0.1) is 0 Å². The number of amides is 1. The van der Waals surface area contributed by atoms with E-state index in [9.17, 15) is 18.0 Å². The van der Waals surface area contributed by atoms with Gasteiger partial charge in [0.1, 0.15) is 0 Å². The summed E-state index contributed by atoms with van der Waals surface area (Å²) in [6, 6.07) is 3.42. The molecule has 4 nitrogen and oxygen atoms in total. The van der Waals surface area contributed by atoms with Gasteiger partial charge in [0.25, 0.3) is 0 Å². The van der Waals surface area contributed by atoms with Gasteiger partial charge < -0.3 is 15.4 Å². The molecule has 2 N–H and O–H groups in total. The molecule has 0 radical (unpaired) electrons.